The number of ether oxygens (including phenoxy) is 1. The standard InChI is InChI=1S/C18H21ClN4O/c1-2-16-21-17-13-4-3-12(19)11-15(13)20-6-5-14(17)18(22-16)23-7-9-24-10-8-23/h3-4,11,20H,2,5-10H2,1H3. The van der Waals surface area contributed by atoms with E-state index < -0.39 is 0 Å². The zero-order valence-corrected chi connectivity index (χ0v) is 14.6. The van der Waals surface area contributed by atoms with Gasteiger partial charge in [-0.05, 0) is 24.6 Å². The molecule has 0 unspecified atom stereocenters. The topological polar surface area (TPSA) is 50.3 Å². The number of hydrogen-bond acceptors (Lipinski definition) is 5. The fourth-order valence-corrected chi connectivity index (χ4v) is 3.53. The fraction of sp³-hybridized carbons (Fsp3) is 0.444. The first-order valence-electron chi connectivity index (χ1n) is 8.52. The van der Waals surface area contributed by atoms with Crippen molar-refractivity contribution in [2.45, 2.75) is 19.8 Å². The molecule has 1 aromatic carbocycles. The summed E-state index contributed by atoms with van der Waals surface area (Å²) < 4.78 is 5.50. The second-order valence-electron chi connectivity index (χ2n) is 6.11. The van der Waals surface area contributed by atoms with Gasteiger partial charge in [0.15, 0.2) is 0 Å². The molecule has 24 heavy (non-hydrogen) atoms. The number of anilines is 2. The Bertz CT molecular complexity index is 759. The number of nitrogens with one attached hydrogen (secondary N) is 1. The molecule has 0 atom stereocenters. The van der Waals surface area contributed by atoms with Gasteiger partial charge in [-0.2, -0.15) is 0 Å². The lowest BCUT2D eigenvalue weighted by Gasteiger charge is -2.30. The Hall–Kier alpha value is -1.85. The Morgan fingerprint density at radius 1 is 1.25 bits per heavy atom. The van der Waals surface area contributed by atoms with E-state index in [9.17, 15) is 0 Å². The minimum atomic E-state index is 0.739. The number of aryl methyl sites for hydroxylation is 1. The van der Waals surface area contributed by atoms with Crippen LogP contribution in [-0.4, -0.2) is 42.8 Å². The first kappa shape index (κ1) is 15.7. The van der Waals surface area contributed by atoms with Crippen LogP contribution in [0.25, 0.3) is 11.3 Å². The highest BCUT2D eigenvalue weighted by Crippen LogP contribution is 2.37. The Morgan fingerprint density at radius 3 is 2.88 bits per heavy atom. The van der Waals surface area contributed by atoms with Gasteiger partial charge in [-0.1, -0.05) is 18.5 Å². The summed E-state index contributed by atoms with van der Waals surface area (Å²) in [5.74, 6) is 1.96. The largest absolute Gasteiger partial charge is 0.384 e. The average Bonchev–Trinajstić information content (AvgIpc) is 2.80. The molecule has 1 fully saturated rings. The van der Waals surface area contributed by atoms with Crippen LogP contribution in [0.5, 0.6) is 0 Å². The van der Waals surface area contributed by atoms with Crippen LogP contribution < -0.4 is 10.2 Å². The van der Waals surface area contributed by atoms with Crippen LogP contribution in [0.4, 0.5) is 11.5 Å². The van der Waals surface area contributed by atoms with E-state index in [-0.39, 0.29) is 0 Å². The zero-order valence-electron chi connectivity index (χ0n) is 13.8. The third-order valence-electron chi connectivity index (χ3n) is 4.59. The van der Waals surface area contributed by atoms with Gasteiger partial charge in [0.25, 0.3) is 0 Å². The van der Waals surface area contributed by atoms with Crippen molar-refractivity contribution in [2.24, 2.45) is 0 Å². The highest BCUT2D eigenvalue weighted by Gasteiger charge is 2.24. The molecule has 0 aliphatic carbocycles. The first-order chi connectivity index (χ1) is 11.8. The lowest BCUT2D eigenvalue weighted by atomic mass is 10.0. The molecular weight excluding hydrogens is 324 g/mol. The monoisotopic (exact) mass is 344 g/mol. The molecule has 2 aliphatic rings. The number of rotatable bonds is 2. The number of aromatic nitrogens is 2. The minimum Gasteiger partial charge on any atom is -0.384 e. The summed E-state index contributed by atoms with van der Waals surface area (Å²) in [7, 11) is 0. The molecule has 4 rings (SSSR count). The second-order valence-corrected chi connectivity index (χ2v) is 6.55. The highest BCUT2D eigenvalue weighted by atomic mass is 35.5. The summed E-state index contributed by atoms with van der Waals surface area (Å²) in [6.07, 6.45) is 1.72. The molecular formula is C18H21ClN4O. The van der Waals surface area contributed by atoms with E-state index in [1.807, 2.05) is 12.1 Å². The van der Waals surface area contributed by atoms with Crippen LogP contribution in [0.15, 0.2) is 18.2 Å². The van der Waals surface area contributed by atoms with Gasteiger partial charge in [-0.25, -0.2) is 9.97 Å². The summed E-state index contributed by atoms with van der Waals surface area (Å²) >= 11 is 6.17. The van der Waals surface area contributed by atoms with E-state index in [4.69, 9.17) is 26.3 Å². The van der Waals surface area contributed by atoms with Gasteiger partial charge >= 0.3 is 0 Å². The quantitative estimate of drug-likeness (QED) is 0.906. The van der Waals surface area contributed by atoms with Gasteiger partial charge < -0.3 is 15.0 Å². The van der Waals surface area contributed by atoms with E-state index in [1.54, 1.807) is 0 Å². The van der Waals surface area contributed by atoms with Gasteiger partial charge in [-0.3, -0.25) is 0 Å². The van der Waals surface area contributed by atoms with E-state index in [0.717, 1.165) is 79.3 Å². The van der Waals surface area contributed by atoms with Crippen LogP contribution >= 0.6 is 11.6 Å². The van der Waals surface area contributed by atoms with E-state index in [2.05, 4.69) is 23.2 Å². The predicted molar refractivity (Wildman–Crippen MR) is 97.1 cm³/mol. The molecule has 0 amide bonds. The molecule has 0 spiro atoms. The second kappa shape index (κ2) is 6.57. The molecule has 3 heterocycles. The summed E-state index contributed by atoms with van der Waals surface area (Å²) in [6.45, 7) is 6.23. The van der Waals surface area contributed by atoms with Crippen molar-refractivity contribution < 1.29 is 4.74 Å². The summed E-state index contributed by atoms with van der Waals surface area (Å²) in [5, 5.41) is 4.22. The summed E-state index contributed by atoms with van der Waals surface area (Å²) in [5.41, 5.74) is 4.43. The van der Waals surface area contributed by atoms with Gasteiger partial charge in [0, 0.05) is 47.9 Å². The first-order valence-corrected chi connectivity index (χ1v) is 8.90. The fourth-order valence-electron chi connectivity index (χ4n) is 3.36. The molecule has 1 saturated heterocycles. The molecule has 0 bridgehead atoms. The normalized spacial score (nSPS) is 16.8. The SMILES string of the molecule is CCc1nc2c(c(N3CCOCC3)n1)CCNc1cc(Cl)ccc1-2. The maximum Gasteiger partial charge on any atom is 0.136 e. The zero-order chi connectivity index (χ0) is 16.5. The van der Waals surface area contributed by atoms with Crippen molar-refractivity contribution in [1.29, 1.82) is 0 Å². The third kappa shape index (κ3) is 2.82. The Labute approximate surface area is 147 Å². The maximum absolute atomic E-state index is 6.17. The van der Waals surface area contributed by atoms with Crippen LogP contribution in [0, 0.1) is 0 Å². The van der Waals surface area contributed by atoms with Crippen LogP contribution in [0.2, 0.25) is 5.02 Å². The number of hydrogen-bond donors (Lipinski definition) is 1. The van der Waals surface area contributed by atoms with Gasteiger partial charge in [0.05, 0.1) is 18.9 Å². The predicted octanol–water partition coefficient (Wildman–Crippen LogP) is 3.16. The van der Waals surface area contributed by atoms with Crippen LogP contribution in [0.1, 0.15) is 18.3 Å². The van der Waals surface area contributed by atoms with Crippen molar-refractivity contribution in [3.63, 3.8) is 0 Å². The molecule has 2 aromatic rings. The van der Waals surface area contributed by atoms with Crippen molar-refractivity contribution in [3.05, 3.63) is 34.6 Å². The molecule has 6 heteroatoms. The molecule has 1 aromatic heterocycles. The Balaban J connectivity index is 1.89. The summed E-state index contributed by atoms with van der Waals surface area (Å²) in [4.78, 5) is 12.1. The molecule has 0 radical (unpaired) electrons. The number of morpholine rings is 1. The van der Waals surface area contributed by atoms with Crippen LogP contribution in [-0.2, 0) is 17.6 Å². The van der Waals surface area contributed by atoms with Crippen molar-refractivity contribution in [2.75, 3.05) is 43.1 Å². The van der Waals surface area contributed by atoms with Crippen molar-refractivity contribution in [1.82, 2.24) is 9.97 Å². The summed E-state index contributed by atoms with van der Waals surface area (Å²) in [6, 6.07) is 5.97. The molecule has 5 nitrogen and oxygen atoms in total. The van der Waals surface area contributed by atoms with E-state index in [0.29, 0.717) is 0 Å². The Morgan fingerprint density at radius 2 is 2.08 bits per heavy atom. The Kier molecular flexibility index (Phi) is 4.29. The number of nitrogens with zero attached hydrogens (tertiary/aromatic N) is 3. The van der Waals surface area contributed by atoms with Gasteiger partial charge in [0.1, 0.15) is 11.6 Å². The minimum absolute atomic E-state index is 0.739. The highest BCUT2D eigenvalue weighted by molar-refractivity contribution is 6.31. The smallest absolute Gasteiger partial charge is 0.136 e. The van der Waals surface area contributed by atoms with Crippen molar-refractivity contribution >= 4 is 23.1 Å². The average molecular weight is 345 g/mol. The number of fused-ring (bicyclic) bond motifs is 3. The molecule has 0 saturated carbocycles. The van der Waals surface area contributed by atoms with Crippen LogP contribution in [0.3, 0.4) is 0 Å². The number of halogens is 1. The molecule has 2 aliphatic heterocycles. The number of benzene rings is 1. The lowest BCUT2D eigenvalue weighted by Crippen LogP contribution is -2.37. The molecule has 126 valence electrons. The van der Waals surface area contributed by atoms with E-state index in [1.165, 1.54) is 5.56 Å². The maximum atomic E-state index is 6.17. The lowest BCUT2D eigenvalue weighted by molar-refractivity contribution is 0.122. The molecule has 1 N–H and O–H groups in total. The van der Waals surface area contributed by atoms with Gasteiger partial charge in [-0.15, -0.1) is 0 Å². The third-order valence-corrected chi connectivity index (χ3v) is 4.82. The van der Waals surface area contributed by atoms with E-state index >= 15 is 0 Å². The van der Waals surface area contributed by atoms with Gasteiger partial charge in [0.2, 0.25) is 0 Å². The van der Waals surface area contributed by atoms with Crippen molar-refractivity contribution in [3.8, 4) is 11.3 Å².